The standard InChI is InChI=1S/C12H22N2O3/c1-10-12(2,3-6-17-10)13-9-11(15)14-4-7-16-8-5-14/h10,13H,3-9H2,1-2H3. The van der Waals surface area contributed by atoms with Crippen LogP contribution >= 0.6 is 0 Å². The van der Waals surface area contributed by atoms with Crippen LogP contribution in [-0.4, -0.2) is 61.9 Å². The van der Waals surface area contributed by atoms with Crippen molar-refractivity contribution < 1.29 is 14.3 Å². The average Bonchev–Trinajstić information content (AvgIpc) is 2.68. The van der Waals surface area contributed by atoms with E-state index in [1.807, 2.05) is 4.90 Å². The van der Waals surface area contributed by atoms with Crippen LogP contribution in [-0.2, 0) is 14.3 Å². The van der Waals surface area contributed by atoms with Crippen molar-refractivity contribution in [2.45, 2.75) is 31.9 Å². The van der Waals surface area contributed by atoms with Gasteiger partial charge in [0.25, 0.3) is 0 Å². The summed E-state index contributed by atoms with van der Waals surface area (Å²) in [7, 11) is 0. The minimum absolute atomic E-state index is 0.0675. The molecule has 98 valence electrons. The van der Waals surface area contributed by atoms with Gasteiger partial charge in [-0.2, -0.15) is 0 Å². The average molecular weight is 242 g/mol. The highest BCUT2D eigenvalue weighted by atomic mass is 16.5. The van der Waals surface area contributed by atoms with E-state index in [1.54, 1.807) is 0 Å². The fourth-order valence-corrected chi connectivity index (χ4v) is 2.27. The van der Waals surface area contributed by atoms with Gasteiger partial charge in [0.1, 0.15) is 0 Å². The van der Waals surface area contributed by atoms with E-state index in [-0.39, 0.29) is 17.6 Å². The molecule has 2 unspecified atom stereocenters. The number of nitrogens with one attached hydrogen (secondary N) is 1. The second kappa shape index (κ2) is 5.33. The number of carbonyl (C=O) groups excluding carboxylic acids is 1. The molecule has 5 nitrogen and oxygen atoms in total. The third kappa shape index (κ3) is 2.97. The molecule has 2 aliphatic rings. The van der Waals surface area contributed by atoms with Gasteiger partial charge in [-0.25, -0.2) is 0 Å². The number of morpholine rings is 1. The zero-order chi connectivity index (χ0) is 12.3. The number of rotatable bonds is 3. The second-order valence-corrected chi connectivity index (χ2v) is 5.03. The van der Waals surface area contributed by atoms with E-state index in [4.69, 9.17) is 9.47 Å². The lowest BCUT2D eigenvalue weighted by Crippen LogP contribution is -2.53. The molecule has 0 radical (unpaired) electrons. The minimum atomic E-state index is -0.0675. The number of amides is 1. The highest BCUT2D eigenvalue weighted by Gasteiger charge is 2.37. The molecular weight excluding hydrogens is 220 g/mol. The summed E-state index contributed by atoms with van der Waals surface area (Å²) in [5.74, 6) is 0.161. The normalized spacial score (nSPS) is 34.0. The van der Waals surface area contributed by atoms with Crippen LogP contribution in [0.5, 0.6) is 0 Å². The van der Waals surface area contributed by atoms with Gasteiger partial charge in [-0.05, 0) is 20.3 Å². The van der Waals surface area contributed by atoms with E-state index in [9.17, 15) is 4.79 Å². The summed E-state index contributed by atoms with van der Waals surface area (Å²) in [5, 5.41) is 3.35. The second-order valence-electron chi connectivity index (χ2n) is 5.03. The van der Waals surface area contributed by atoms with E-state index < -0.39 is 0 Å². The van der Waals surface area contributed by atoms with Crippen molar-refractivity contribution in [2.75, 3.05) is 39.5 Å². The van der Waals surface area contributed by atoms with Crippen LogP contribution in [0.4, 0.5) is 0 Å². The Morgan fingerprint density at radius 1 is 1.41 bits per heavy atom. The third-order valence-corrected chi connectivity index (χ3v) is 3.89. The first-order valence-electron chi connectivity index (χ1n) is 6.34. The molecule has 2 aliphatic heterocycles. The molecule has 0 saturated carbocycles. The molecule has 17 heavy (non-hydrogen) atoms. The number of carbonyl (C=O) groups is 1. The van der Waals surface area contributed by atoms with Crippen molar-refractivity contribution >= 4 is 5.91 Å². The summed E-state index contributed by atoms with van der Waals surface area (Å²) < 4.78 is 10.8. The summed E-state index contributed by atoms with van der Waals surface area (Å²) in [4.78, 5) is 13.8. The highest BCUT2D eigenvalue weighted by Crippen LogP contribution is 2.24. The Bertz CT molecular complexity index is 279. The zero-order valence-electron chi connectivity index (χ0n) is 10.7. The SMILES string of the molecule is CC1OCCC1(C)NCC(=O)N1CCOCC1. The van der Waals surface area contributed by atoms with Crippen LogP contribution in [0.15, 0.2) is 0 Å². The molecule has 2 heterocycles. The quantitative estimate of drug-likeness (QED) is 0.757. The minimum Gasteiger partial charge on any atom is -0.378 e. The smallest absolute Gasteiger partial charge is 0.236 e. The topological polar surface area (TPSA) is 50.8 Å². The summed E-state index contributed by atoms with van der Waals surface area (Å²) in [6.07, 6.45) is 1.13. The van der Waals surface area contributed by atoms with E-state index in [1.165, 1.54) is 0 Å². The van der Waals surface area contributed by atoms with Crippen molar-refractivity contribution in [1.82, 2.24) is 10.2 Å². The van der Waals surface area contributed by atoms with Gasteiger partial charge in [0.05, 0.1) is 25.9 Å². The lowest BCUT2D eigenvalue weighted by Gasteiger charge is -2.31. The molecule has 0 aromatic heterocycles. The molecule has 0 aromatic rings. The molecule has 2 fully saturated rings. The van der Waals surface area contributed by atoms with Gasteiger partial charge in [-0.15, -0.1) is 0 Å². The molecule has 2 atom stereocenters. The van der Waals surface area contributed by atoms with Gasteiger partial charge in [0.15, 0.2) is 0 Å². The summed E-state index contributed by atoms with van der Waals surface area (Å²) in [6, 6.07) is 0. The molecule has 0 bridgehead atoms. The Balaban J connectivity index is 1.79. The molecule has 0 spiro atoms. The largest absolute Gasteiger partial charge is 0.378 e. The molecule has 5 heteroatoms. The first-order chi connectivity index (χ1) is 8.12. The van der Waals surface area contributed by atoms with E-state index in [2.05, 4.69) is 19.2 Å². The molecule has 2 rings (SSSR count). The van der Waals surface area contributed by atoms with Gasteiger partial charge in [-0.1, -0.05) is 0 Å². The molecule has 0 aromatic carbocycles. The maximum Gasteiger partial charge on any atom is 0.236 e. The fraction of sp³-hybridized carbons (Fsp3) is 0.917. The van der Waals surface area contributed by atoms with Crippen molar-refractivity contribution in [2.24, 2.45) is 0 Å². The van der Waals surface area contributed by atoms with Crippen molar-refractivity contribution in [3.05, 3.63) is 0 Å². The first kappa shape index (κ1) is 12.8. The number of hydrogen-bond acceptors (Lipinski definition) is 4. The van der Waals surface area contributed by atoms with Crippen LogP contribution in [0.3, 0.4) is 0 Å². The van der Waals surface area contributed by atoms with Crippen LogP contribution < -0.4 is 5.32 Å². The van der Waals surface area contributed by atoms with Gasteiger partial charge in [0.2, 0.25) is 5.91 Å². The number of hydrogen-bond donors (Lipinski definition) is 1. The number of ether oxygens (including phenoxy) is 2. The molecule has 1 amide bonds. The predicted octanol–water partition coefficient (Wildman–Crippen LogP) is 0.00230. The maximum atomic E-state index is 12.0. The Kier molecular flexibility index (Phi) is 4.01. The lowest BCUT2D eigenvalue weighted by atomic mass is 9.95. The summed E-state index contributed by atoms with van der Waals surface area (Å²) in [6.45, 7) is 8.08. The monoisotopic (exact) mass is 242 g/mol. The van der Waals surface area contributed by atoms with E-state index >= 15 is 0 Å². The van der Waals surface area contributed by atoms with Gasteiger partial charge >= 0.3 is 0 Å². The van der Waals surface area contributed by atoms with Crippen LogP contribution in [0, 0.1) is 0 Å². The molecule has 1 N–H and O–H groups in total. The summed E-state index contributed by atoms with van der Waals surface area (Å²) >= 11 is 0. The van der Waals surface area contributed by atoms with Crippen molar-refractivity contribution in [1.29, 1.82) is 0 Å². The number of nitrogens with zero attached hydrogens (tertiary/aromatic N) is 1. The van der Waals surface area contributed by atoms with Crippen LogP contribution in [0.25, 0.3) is 0 Å². The van der Waals surface area contributed by atoms with Crippen molar-refractivity contribution in [3.8, 4) is 0 Å². The first-order valence-corrected chi connectivity index (χ1v) is 6.34. The molecular formula is C12H22N2O3. The third-order valence-electron chi connectivity index (χ3n) is 3.89. The fourth-order valence-electron chi connectivity index (χ4n) is 2.27. The predicted molar refractivity (Wildman–Crippen MR) is 63.8 cm³/mol. The Morgan fingerprint density at radius 3 is 2.71 bits per heavy atom. The zero-order valence-corrected chi connectivity index (χ0v) is 10.7. The summed E-state index contributed by atoms with van der Waals surface area (Å²) in [5.41, 5.74) is -0.0675. The molecule has 0 aliphatic carbocycles. The van der Waals surface area contributed by atoms with Gasteiger partial charge in [0, 0.05) is 25.2 Å². The van der Waals surface area contributed by atoms with Gasteiger partial charge in [-0.3, -0.25) is 4.79 Å². The van der Waals surface area contributed by atoms with E-state index in [0.717, 1.165) is 13.0 Å². The van der Waals surface area contributed by atoms with Crippen molar-refractivity contribution in [3.63, 3.8) is 0 Å². The van der Waals surface area contributed by atoms with Gasteiger partial charge < -0.3 is 19.7 Å². The Hall–Kier alpha value is -0.650. The molecule has 2 saturated heterocycles. The van der Waals surface area contributed by atoms with Crippen LogP contribution in [0.2, 0.25) is 0 Å². The highest BCUT2D eigenvalue weighted by molar-refractivity contribution is 5.78. The lowest BCUT2D eigenvalue weighted by molar-refractivity contribution is -0.134. The van der Waals surface area contributed by atoms with E-state index in [0.29, 0.717) is 32.8 Å². The Labute approximate surface area is 102 Å². The van der Waals surface area contributed by atoms with Crippen LogP contribution in [0.1, 0.15) is 20.3 Å². The Morgan fingerprint density at radius 2 is 2.12 bits per heavy atom. The maximum absolute atomic E-state index is 12.0.